The van der Waals surface area contributed by atoms with Crippen LogP contribution in [-0.4, -0.2) is 52.4 Å². The van der Waals surface area contributed by atoms with Gasteiger partial charge >= 0.3 is 0 Å². The maximum absolute atomic E-state index is 13.2. The molecule has 0 aliphatic carbocycles. The van der Waals surface area contributed by atoms with Crippen molar-refractivity contribution < 1.29 is 9.59 Å². The van der Waals surface area contributed by atoms with E-state index in [9.17, 15) is 9.59 Å². The second-order valence-electron chi connectivity index (χ2n) is 8.56. The summed E-state index contributed by atoms with van der Waals surface area (Å²) < 4.78 is 2.16. The molecule has 0 radical (unpaired) electrons. The zero-order chi connectivity index (χ0) is 20.5. The van der Waals surface area contributed by atoms with Crippen LogP contribution in [0.5, 0.6) is 0 Å². The highest BCUT2D eigenvalue weighted by molar-refractivity contribution is 5.96. The molecule has 29 heavy (non-hydrogen) atoms. The largest absolute Gasteiger partial charge is 0.342 e. The third-order valence-electron chi connectivity index (χ3n) is 6.47. The molecule has 1 aromatic carbocycles. The molecule has 0 spiro atoms. The molecule has 2 fully saturated rings. The minimum Gasteiger partial charge on any atom is -0.342 e. The van der Waals surface area contributed by atoms with Gasteiger partial charge in [0.15, 0.2) is 0 Å². The highest BCUT2D eigenvalue weighted by Gasteiger charge is 2.32. The molecule has 2 aromatic rings. The average Bonchev–Trinajstić information content (AvgIpc) is 3.35. The third-order valence-corrected chi connectivity index (χ3v) is 6.47. The predicted molar refractivity (Wildman–Crippen MR) is 114 cm³/mol. The maximum Gasteiger partial charge on any atom is 0.255 e. The van der Waals surface area contributed by atoms with Crippen LogP contribution < -0.4 is 0 Å². The molecular formula is C24H31N3O2. The number of piperidine rings is 1. The zero-order valence-electron chi connectivity index (χ0n) is 17.8. The molecule has 5 nitrogen and oxygen atoms in total. The van der Waals surface area contributed by atoms with Crippen LogP contribution in [0.3, 0.4) is 0 Å². The van der Waals surface area contributed by atoms with Gasteiger partial charge in [0, 0.05) is 49.2 Å². The smallest absolute Gasteiger partial charge is 0.255 e. The molecule has 3 heterocycles. The number of carbonyl (C=O) groups excluding carboxylic acids is 2. The van der Waals surface area contributed by atoms with Gasteiger partial charge in [0.2, 0.25) is 5.91 Å². The predicted octanol–water partition coefficient (Wildman–Crippen LogP) is 3.88. The number of rotatable bonds is 3. The standard InChI is InChI=1S/C24H31N3O2/c1-17-7-6-8-21(15-17)27-18(2)16-22(19(27)3)24(29)26-13-9-20(10-14-26)23(28)25-11-4-5-12-25/h6-8,15-16,20H,4-5,9-14H2,1-3H3. The van der Waals surface area contributed by atoms with Crippen LogP contribution in [0.15, 0.2) is 30.3 Å². The van der Waals surface area contributed by atoms with Gasteiger partial charge in [-0.25, -0.2) is 0 Å². The Morgan fingerprint density at radius 1 is 0.897 bits per heavy atom. The van der Waals surface area contributed by atoms with Gasteiger partial charge in [-0.05, 0) is 70.2 Å². The summed E-state index contributed by atoms with van der Waals surface area (Å²) in [6.45, 7) is 9.29. The molecule has 5 heteroatoms. The summed E-state index contributed by atoms with van der Waals surface area (Å²) in [5.41, 5.74) is 5.11. The third kappa shape index (κ3) is 3.83. The van der Waals surface area contributed by atoms with E-state index in [-0.39, 0.29) is 11.8 Å². The number of benzene rings is 1. The van der Waals surface area contributed by atoms with Crippen LogP contribution in [0, 0.1) is 26.7 Å². The first-order valence-corrected chi connectivity index (χ1v) is 10.8. The van der Waals surface area contributed by atoms with E-state index in [1.165, 1.54) is 5.56 Å². The molecule has 2 aliphatic rings. The summed E-state index contributed by atoms with van der Waals surface area (Å²) in [5.74, 6) is 0.466. The number of aryl methyl sites for hydroxylation is 2. The normalized spacial score (nSPS) is 17.8. The molecule has 0 bridgehead atoms. The highest BCUT2D eigenvalue weighted by atomic mass is 16.2. The topological polar surface area (TPSA) is 45.6 Å². The van der Waals surface area contributed by atoms with Crippen molar-refractivity contribution in [2.45, 2.75) is 46.5 Å². The van der Waals surface area contributed by atoms with E-state index < -0.39 is 0 Å². The Balaban J connectivity index is 1.47. The molecule has 0 N–H and O–H groups in total. The van der Waals surface area contributed by atoms with Gasteiger partial charge in [0.25, 0.3) is 5.91 Å². The van der Waals surface area contributed by atoms with Crippen molar-refractivity contribution in [3.05, 3.63) is 52.8 Å². The van der Waals surface area contributed by atoms with Crippen LogP contribution in [0.2, 0.25) is 0 Å². The number of aromatic nitrogens is 1. The molecule has 0 unspecified atom stereocenters. The van der Waals surface area contributed by atoms with E-state index in [1.807, 2.05) is 35.8 Å². The molecule has 2 aliphatic heterocycles. The lowest BCUT2D eigenvalue weighted by molar-refractivity contribution is -0.135. The summed E-state index contributed by atoms with van der Waals surface area (Å²) in [6.07, 6.45) is 3.80. The summed E-state index contributed by atoms with van der Waals surface area (Å²) in [7, 11) is 0. The van der Waals surface area contributed by atoms with Crippen LogP contribution >= 0.6 is 0 Å². The number of hydrogen-bond acceptors (Lipinski definition) is 2. The fourth-order valence-corrected chi connectivity index (χ4v) is 4.84. The zero-order valence-corrected chi connectivity index (χ0v) is 17.8. The molecule has 4 rings (SSSR count). The van der Waals surface area contributed by atoms with Crippen LogP contribution in [0.25, 0.3) is 5.69 Å². The van der Waals surface area contributed by atoms with Gasteiger partial charge in [-0.1, -0.05) is 12.1 Å². The van der Waals surface area contributed by atoms with Gasteiger partial charge in [-0.3, -0.25) is 9.59 Å². The van der Waals surface area contributed by atoms with E-state index in [0.29, 0.717) is 19.0 Å². The molecule has 0 saturated carbocycles. The second kappa shape index (κ2) is 8.05. The van der Waals surface area contributed by atoms with E-state index >= 15 is 0 Å². The Hall–Kier alpha value is -2.56. The monoisotopic (exact) mass is 393 g/mol. The Labute approximate surface area is 173 Å². The Morgan fingerprint density at radius 3 is 2.24 bits per heavy atom. The second-order valence-corrected chi connectivity index (χ2v) is 8.56. The van der Waals surface area contributed by atoms with Crippen molar-refractivity contribution in [2.24, 2.45) is 5.92 Å². The van der Waals surface area contributed by atoms with Gasteiger partial charge in [-0.15, -0.1) is 0 Å². The minimum absolute atomic E-state index is 0.0804. The molecule has 0 atom stereocenters. The molecular weight excluding hydrogens is 362 g/mol. The van der Waals surface area contributed by atoms with Crippen molar-refractivity contribution in [1.29, 1.82) is 0 Å². The van der Waals surface area contributed by atoms with Crippen molar-refractivity contribution in [1.82, 2.24) is 14.4 Å². The van der Waals surface area contributed by atoms with Gasteiger partial charge in [0.05, 0.1) is 5.56 Å². The highest BCUT2D eigenvalue weighted by Crippen LogP contribution is 2.26. The molecule has 1 aromatic heterocycles. The first-order chi connectivity index (χ1) is 14.0. The summed E-state index contributed by atoms with van der Waals surface area (Å²) in [6, 6.07) is 10.4. The van der Waals surface area contributed by atoms with Crippen molar-refractivity contribution in [3.63, 3.8) is 0 Å². The van der Waals surface area contributed by atoms with Crippen molar-refractivity contribution in [3.8, 4) is 5.69 Å². The van der Waals surface area contributed by atoms with Gasteiger partial charge < -0.3 is 14.4 Å². The lowest BCUT2D eigenvalue weighted by atomic mass is 9.95. The van der Waals surface area contributed by atoms with Crippen molar-refractivity contribution >= 4 is 11.8 Å². The first kappa shape index (κ1) is 19.7. The number of nitrogens with zero attached hydrogens (tertiary/aromatic N) is 3. The van der Waals surface area contributed by atoms with Crippen LogP contribution in [0.1, 0.15) is 53.0 Å². The maximum atomic E-state index is 13.2. The van der Waals surface area contributed by atoms with E-state index in [1.54, 1.807) is 0 Å². The molecule has 2 amide bonds. The lowest BCUT2D eigenvalue weighted by Crippen LogP contribution is -2.43. The lowest BCUT2D eigenvalue weighted by Gasteiger charge is -2.33. The van der Waals surface area contributed by atoms with E-state index in [4.69, 9.17) is 0 Å². The molecule has 2 saturated heterocycles. The van der Waals surface area contributed by atoms with Gasteiger partial charge in [-0.2, -0.15) is 0 Å². The summed E-state index contributed by atoms with van der Waals surface area (Å²) in [5, 5.41) is 0. The fraction of sp³-hybridized carbons (Fsp3) is 0.500. The number of hydrogen-bond donors (Lipinski definition) is 0. The van der Waals surface area contributed by atoms with E-state index in [2.05, 4.69) is 29.7 Å². The number of carbonyl (C=O) groups is 2. The van der Waals surface area contributed by atoms with Gasteiger partial charge in [0.1, 0.15) is 0 Å². The number of likely N-dealkylation sites (tertiary alicyclic amines) is 2. The van der Waals surface area contributed by atoms with Crippen molar-refractivity contribution in [2.75, 3.05) is 26.2 Å². The summed E-state index contributed by atoms with van der Waals surface area (Å²) >= 11 is 0. The quantitative estimate of drug-likeness (QED) is 0.794. The molecule has 154 valence electrons. The average molecular weight is 394 g/mol. The van der Waals surface area contributed by atoms with Crippen LogP contribution in [-0.2, 0) is 4.79 Å². The Kier molecular flexibility index (Phi) is 5.48. The number of amides is 2. The summed E-state index contributed by atoms with van der Waals surface area (Å²) in [4.78, 5) is 29.8. The Morgan fingerprint density at radius 2 is 1.59 bits per heavy atom. The first-order valence-electron chi connectivity index (χ1n) is 10.8. The van der Waals surface area contributed by atoms with E-state index in [0.717, 1.165) is 61.4 Å². The minimum atomic E-state index is 0.0804. The van der Waals surface area contributed by atoms with Crippen LogP contribution in [0.4, 0.5) is 0 Å². The fourth-order valence-electron chi connectivity index (χ4n) is 4.84. The SMILES string of the molecule is Cc1cccc(-n2c(C)cc(C(=O)N3CCC(C(=O)N4CCCC4)CC3)c2C)c1. The Bertz CT molecular complexity index is 916.